The summed E-state index contributed by atoms with van der Waals surface area (Å²) in [5.41, 5.74) is 1.36. The second kappa shape index (κ2) is 7.75. The Morgan fingerprint density at radius 1 is 1.39 bits per heavy atom. The van der Waals surface area contributed by atoms with Crippen LogP contribution in [-0.2, 0) is 11.3 Å². The average molecular weight is 337 g/mol. The Kier molecular flexibility index (Phi) is 5.69. The van der Waals surface area contributed by atoms with E-state index in [1.807, 2.05) is 16.8 Å². The lowest BCUT2D eigenvalue weighted by Gasteiger charge is -2.35. The van der Waals surface area contributed by atoms with Gasteiger partial charge in [-0.05, 0) is 48.2 Å². The molecule has 5 nitrogen and oxygen atoms in total. The molecular weight excluding hydrogens is 310 g/mol. The fourth-order valence-electron chi connectivity index (χ4n) is 3.14. The summed E-state index contributed by atoms with van der Waals surface area (Å²) < 4.78 is 0. The number of amides is 1. The van der Waals surface area contributed by atoms with E-state index >= 15 is 0 Å². The number of nitrogens with zero attached hydrogens (tertiary/aromatic N) is 3. The van der Waals surface area contributed by atoms with Crippen molar-refractivity contribution in [3.05, 3.63) is 22.4 Å². The van der Waals surface area contributed by atoms with Crippen LogP contribution >= 0.6 is 11.3 Å². The van der Waals surface area contributed by atoms with Crippen molar-refractivity contribution >= 4 is 17.2 Å². The van der Waals surface area contributed by atoms with Crippen molar-refractivity contribution in [2.45, 2.75) is 25.5 Å². The number of likely N-dealkylation sites (N-methyl/N-ethyl adjacent to an activating group) is 1. The third-order valence-electron chi connectivity index (χ3n) is 4.78. The van der Waals surface area contributed by atoms with Crippen LogP contribution in [0.1, 0.15) is 18.4 Å². The molecule has 1 atom stereocenters. The smallest absolute Gasteiger partial charge is 0.236 e. The minimum Gasteiger partial charge on any atom is -0.392 e. The number of carbonyl (C=O) groups is 1. The predicted molar refractivity (Wildman–Crippen MR) is 92.4 cm³/mol. The van der Waals surface area contributed by atoms with Gasteiger partial charge in [-0.2, -0.15) is 11.3 Å². The molecule has 1 aliphatic heterocycles. The topological polar surface area (TPSA) is 47.0 Å². The van der Waals surface area contributed by atoms with Crippen molar-refractivity contribution in [3.63, 3.8) is 0 Å². The van der Waals surface area contributed by atoms with Gasteiger partial charge < -0.3 is 10.0 Å². The molecule has 1 aliphatic carbocycles. The number of hydrogen-bond donors (Lipinski definition) is 1. The van der Waals surface area contributed by atoms with E-state index in [0.717, 1.165) is 45.6 Å². The monoisotopic (exact) mass is 337 g/mol. The van der Waals surface area contributed by atoms with Gasteiger partial charge in [0.15, 0.2) is 0 Å². The number of thiophene rings is 1. The highest BCUT2D eigenvalue weighted by atomic mass is 32.1. The van der Waals surface area contributed by atoms with Crippen LogP contribution in [0, 0.1) is 5.92 Å². The molecule has 2 aliphatic rings. The van der Waals surface area contributed by atoms with E-state index in [1.165, 1.54) is 5.56 Å². The average Bonchev–Trinajstić information content (AvgIpc) is 3.26. The van der Waals surface area contributed by atoms with E-state index in [0.29, 0.717) is 19.0 Å². The summed E-state index contributed by atoms with van der Waals surface area (Å²) in [6.45, 7) is 5.50. The zero-order valence-electron chi connectivity index (χ0n) is 13.9. The number of hydrogen-bond acceptors (Lipinski definition) is 5. The van der Waals surface area contributed by atoms with E-state index in [9.17, 15) is 9.90 Å². The molecule has 3 rings (SSSR count). The predicted octanol–water partition coefficient (Wildman–Crippen LogP) is 1.09. The summed E-state index contributed by atoms with van der Waals surface area (Å²) in [5.74, 6) is 0.652. The lowest BCUT2D eigenvalue weighted by atomic mass is 10.2. The van der Waals surface area contributed by atoms with Crippen LogP contribution < -0.4 is 0 Å². The SMILES string of the molecule is CN(CC(=O)N1CCN(Cc2ccsc2)CC1)CC(O)C1CC1. The minimum absolute atomic E-state index is 0.186. The molecule has 0 radical (unpaired) electrons. The molecule has 23 heavy (non-hydrogen) atoms. The normalized spacial score (nSPS) is 20.9. The molecule has 0 spiro atoms. The second-order valence-electron chi connectivity index (χ2n) is 6.89. The van der Waals surface area contributed by atoms with Crippen molar-refractivity contribution < 1.29 is 9.90 Å². The molecule has 2 fully saturated rings. The summed E-state index contributed by atoms with van der Waals surface area (Å²) >= 11 is 1.73. The number of piperazine rings is 1. The fraction of sp³-hybridized carbons (Fsp3) is 0.706. The number of carbonyl (C=O) groups excluding carboxylic acids is 1. The zero-order chi connectivity index (χ0) is 16.2. The Bertz CT molecular complexity index is 496. The van der Waals surface area contributed by atoms with Crippen LogP contribution in [0.25, 0.3) is 0 Å². The summed E-state index contributed by atoms with van der Waals surface area (Å²) in [5, 5.41) is 14.3. The first-order chi connectivity index (χ1) is 11.1. The lowest BCUT2D eigenvalue weighted by Crippen LogP contribution is -2.51. The van der Waals surface area contributed by atoms with Crippen LogP contribution in [-0.4, -0.2) is 78.1 Å². The van der Waals surface area contributed by atoms with Gasteiger partial charge in [-0.15, -0.1) is 0 Å². The highest BCUT2D eigenvalue weighted by molar-refractivity contribution is 7.07. The molecular formula is C17H27N3O2S. The van der Waals surface area contributed by atoms with Gasteiger partial charge in [0.25, 0.3) is 0 Å². The maximum Gasteiger partial charge on any atom is 0.236 e. The van der Waals surface area contributed by atoms with Gasteiger partial charge >= 0.3 is 0 Å². The molecule has 6 heteroatoms. The Balaban J connectivity index is 1.37. The lowest BCUT2D eigenvalue weighted by molar-refractivity contribution is -0.134. The second-order valence-corrected chi connectivity index (χ2v) is 7.67. The Labute approximate surface area is 142 Å². The van der Waals surface area contributed by atoms with Gasteiger partial charge in [0, 0.05) is 39.3 Å². The van der Waals surface area contributed by atoms with Gasteiger partial charge in [0.1, 0.15) is 0 Å². The maximum atomic E-state index is 12.4. The molecule has 1 aromatic heterocycles. The van der Waals surface area contributed by atoms with Crippen molar-refractivity contribution in [2.75, 3.05) is 46.3 Å². The molecule has 1 unspecified atom stereocenters. The highest BCUT2D eigenvalue weighted by Gasteiger charge is 2.31. The number of rotatable bonds is 7. The van der Waals surface area contributed by atoms with Gasteiger partial charge in [-0.25, -0.2) is 0 Å². The van der Waals surface area contributed by atoms with Gasteiger partial charge in [-0.1, -0.05) is 0 Å². The third kappa shape index (κ3) is 5.01. The quantitative estimate of drug-likeness (QED) is 0.809. The molecule has 1 saturated carbocycles. The van der Waals surface area contributed by atoms with Crippen LogP contribution in [0.2, 0.25) is 0 Å². The van der Waals surface area contributed by atoms with E-state index < -0.39 is 0 Å². The standard InChI is InChI=1S/C17H27N3O2S/c1-18(11-16(21)15-2-3-15)12-17(22)20-7-5-19(6-8-20)10-14-4-9-23-13-14/h4,9,13,15-16,21H,2-3,5-8,10-12H2,1H3. The molecule has 1 aromatic rings. The Morgan fingerprint density at radius 2 is 2.13 bits per heavy atom. The van der Waals surface area contributed by atoms with Crippen molar-refractivity contribution in [3.8, 4) is 0 Å². The highest BCUT2D eigenvalue weighted by Crippen LogP contribution is 2.32. The van der Waals surface area contributed by atoms with Crippen LogP contribution in [0.4, 0.5) is 0 Å². The van der Waals surface area contributed by atoms with E-state index in [4.69, 9.17) is 0 Å². The van der Waals surface area contributed by atoms with Crippen molar-refractivity contribution in [2.24, 2.45) is 5.92 Å². The Hall–Kier alpha value is -0.950. The molecule has 0 bridgehead atoms. The van der Waals surface area contributed by atoms with Gasteiger partial charge in [0.05, 0.1) is 12.6 Å². The van der Waals surface area contributed by atoms with Crippen molar-refractivity contribution in [1.29, 1.82) is 0 Å². The first-order valence-corrected chi connectivity index (χ1v) is 9.44. The van der Waals surface area contributed by atoms with Crippen LogP contribution in [0.3, 0.4) is 0 Å². The molecule has 0 aromatic carbocycles. The summed E-state index contributed by atoms with van der Waals surface area (Å²) in [6, 6.07) is 2.17. The summed E-state index contributed by atoms with van der Waals surface area (Å²) in [7, 11) is 1.93. The molecule has 1 saturated heterocycles. The van der Waals surface area contributed by atoms with E-state index in [-0.39, 0.29) is 12.0 Å². The molecule has 1 N–H and O–H groups in total. The van der Waals surface area contributed by atoms with E-state index in [1.54, 1.807) is 11.3 Å². The van der Waals surface area contributed by atoms with Gasteiger partial charge in [0.2, 0.25) is 5.91 Å². The molecule has 128 valence electrons. The summed E-state index contributed by atoms with van der Waals surface area (Å²) in [4.78, 5) is 18.7. The van der Waals surface area contributed by atoms with Gasteiger partial charge in [-0.3, -0.25) is 14.6 Å². The van der Waals surface area contributed by atoms with Crippen LogP contribution in [0.5, 0.6) is 0 Å². The fourth-order valence-corrected chi connectivity index (χ4v) is 3.80. The molecule has 1 amide bonds. The maximum absolute atomic E-state index is 12.4. The first kappa shape index (κ1) is 16.9. The number of aliphatic hydroxyl groups excluding tert-OH is 1. The largest absolute Gasteiger partial charge is 0.392 e. The minimum atomic E-state index is -0.268. The Morgan fingerprint density at radius 3 is 2.74 bits per heavy atom. The third-order valence-corrected chi connectivity index (χ3v) is 5.51. The van der Waals surface area contributed by atoms with E-state index in [2.05, 4.69) is 21.7 Å². The number of aliphatic hydroxyl groups is 1. The molecule has 2 heterocycles. The van der Waals surface area contributed by atoms with Crippen molar-refractivity contribution in [1.82, 2.24) is 14.7 Å². The van der Waals surface area contributed by atoms with Crippen LogP contribution in [0.15, 0.2) is 16.8 Å². The zero-order valence-corrected chi connectivity index (χ0v) is 14.7. The first-order valence-electron chi connectivity index (χ1n) is 8.49. The summed E-state index contributed by atoms with van der Waals surface area (Å²) in [6.07, 6.45) is 2.00.